The molecule has 0 bridgehead atoms. The molecule has 3 rings (SSSR count). The fraction of sp³-hybridized carbons (Fsp3) is 0.600. The van der Waals surface area contributed by atoms with E-state index in [0.29, 0.717) is 18.7 Å². The topological polar surface area (TPSA) is 35.9 Å². The minimum absolute atomic E-state index is 0.283. The molecule has 0 amide bonds. The summed E-state index contributed by atoms with van der Waals surface area (Å²) in [5.41, 5.74) is 1.23. The molecule has 0 saturated carbocycles. The third-order valence-electron chi connectivity index (χ3n) is 4.15. The molecular formula is C15H22N2O2. The van der Waals surface area contributed by atoms with Crippen LogP contribution in [-0.4, -0.2) is 54.7 Å². The highest BCUT2D eigenvalue weighted by Gasteiger charge is 2.36. The van der Waals surface area contributed by atoms with Crippen molar-refractivity contribution in [1.29, 1.82) is 0 Å². The molecule has 2 atom stereocenters. The molecular weight excluding hydrogens is 240 g/mol. The number of fused-ring (bicyclic) bond motifs is 1. The van der Waals surface area contributed by atoms with Gasteiger partial charge in [0.05, 0.1) is 6.04 Å². The predicted octanol–water partition coefficient (Wildman–Crippen LogP) is 1.85. The van der Waals surface area contributed by atoms with E-state index in [-0.39, 0.29) is 5.75 Å². The van der Waals surface area contributed by atoms with Gasteiger partial charge < -0.3 is 14.7 Å². The number of hydrogen-bond donors (Lipinski definition) is 1. The van der Waals surface area contributed by atoms with Gasteiger partial charge in [0.25, 0.3) is 0 Å². The zero-order valence-electron chi connectivity index (χ0n) is 11.7. The van der Waals surface area contributed by atoms with Crippen LogP contribution < -0.4 is 4.74 Å². The molecule has 0 aliphatic carbocycles. The fourth-order valence-corrected chi connectivity index (χ4v) is 3.34. The second-order valence-corrected chi connectivity index (χ2v) is 5.85. The van der Waals surface area contributed by atoms with E-state index in [1.807, 2.05) is 6.07 Å². The number of ether oxygens (including phenoxy) is 1. The largest absolute Gasteiger partial charge is 0.508 e. The molecule has 1 N–H and O–H groups in total. The van der Waals surface area contributed by atoms with Gasteiger partial charge in [0.1, 0.15) is 18.1 Å². The van der Waals surface area contributed by atoms with Crippen molar-refractivity contribution in [3.05, 3.63) is 23.8 Å². The van der Waals surface area contributed by atoms with Gasteiger partial charge in [-0.05, 0) is 45.6 Å². The van der Waals surface area contributed by atoms with Crippen LogP contribution in [0.15, 0.2) is 18.2 Å². The first-order valence-electron chi connectivity index (χ1n) is 7.01. The van der Waals surface area contributed by atoms with Crippen LogP contribution in [0.4, 0.5) is 0 Å². The summed E-state index contributed by atoms with van der Waals surface area (Å²) in [5, 5.41) is 9.52. The second-order valence-electron chi connectivity index (χ2n) is 5.85. The maximum absolute atomic E-state index is 9.52. The average molecular weight is 262 g/mol. The summed E-state index contributed by atoms with van der Waals surface area (Å²) >= 11 is 0. The molecule has 2 heterocycles. The van der Waals surface area contributed by atoms with Crippen LogP contribution in [0.1, 0.15) is 24.4 Å². The van der Waals surface area contributed by atoms with Crippen molar-refractivity contribution in [3.63, 3.8) is 0 Å². The summed E-state index contributed by atoms with van der Waals surface area (Å²) in [6.07, 6.45) is 2.53. The molecule has 1 aromatic carbocycles. The highest BCUT2D eigenvalue weighted by Crippen LogP contribution is 2.40. The van der Waals surface area contributed by atoms with Crippen LogP contribution in [0.5, 0.6) is 11.5 Å². The summed E-state index contributed by atoms with van der Waals surface area (Å²) in [4.78, 5) is 4.83. The number of aromatic hydroxyl groups is 1. The van der Waals surface area contributed by atoms with Crippen molar-refractivity contribution in [2.75, 3.05) is 33.8 Å². The van der Waals surface area contributed by atoms with E-state index in [9.17, 15) is 5.11 Å². The first-order valence-corrected chi connectivity index (χ1v) is 7.01. The van der Waals surface area contributed by atoms with Crippen molar-refractivity contribution in [2.45, 2.75) is 24.9 Å². The molecule has 104 valence electrons. The highest BCUT2D eigenvalue weighted by molar-refractivity contribution is 5.44. The Bertz CT molecular complexity index is 461. The predicted molar refractivity (Wildman–Crippen MR) is 74.6 cm³/mol. The van der Waals surface area contributed by atoms with Gasteiger partial charge in [-0.25, -0.2) is 0 Å². The first kappa shape index (κ1) is 12.8. The Morgan fingerprint density at radius 3 is 3.05 bits per heavy atom. The van der Waals surface area contributed by atoms with Crippen molar-refractivity contribution in [3.8, 4) is 11.5 Å². The van der Waals surface area contributed by atoms with E-state index in [2.05, 4.69) is 23.9 Å². The average Bonchev–Trinajstić information content (AvgIpc) is 2.93. The summed E-state index contributed by atoms with van der Waals surface area (Å²) in [5.74, 6) is 1.13. The number of phenols is 1. The Labute approximate surface area is 114 Å². The number of likely N-dealkylation sites (N-methyl/N-ethyl adjacent to an activating group) is 1. The van der Waals surface area contributed by atoms with Crippen molar-refractivity contribution in [2.24, 2.45) is 0 Å². The van der Waals surface area contributed by atoms with Crippen LogP contribution in [-0.2, 0) is 0 Å². The van der Waals surface area contributed by atoms with Gasteiger partial charge in [-0.15, -0.1) is 0 Å². The lowest BCUT2D eigenvalue weighted by Gasteiger charge is -2.31. The van der Waals surface area contributed by atoms with Crippen LogP contribution in [0, 0.1) is 0 Å². The van der Waals surface area contributed by atoms with Gasteiger partial charge in [0, 0.05) is 24.2 Å². The van der Waals surface area contributed by atoms with Crippen LogP contribution in [0.2, 0.25) is 0 Å². The van der Waals surface area contributed by atoms with E-state index in [1.54, 1.807) is 12.1 Å². The van der Waals surface area contributed by atoms with Gasteiger partial charge in [0.2, 0.25) is 0 Å². The first-order chi connectivity index (χ1) is 9.15. The molecule has 1 aromatic rings. The summed E-state index contributed by atoms with van der Waals surface area (Å²) < 4.78 is 5.74. The molecule has 0 spiro atoms. The van der Waals surface area contributed by atoms with Crippen LogP contribution in [0.3, 0.4) is 0 Å². The Balaban J connectivity index is 1.81. The number of rotatable bonds is 3. The second kappa shape index (κ2) is 5.02. The summed E-state index contributed by atoms with van der Waals surface area (Å²) in [7, 11) is 4.27. The number of benzene rings is 1. The minimum Gasteiger partial charge on any atom is -0.508 e. The molecule has 0 aromatic heterocycles. The highest BCUT2D eigenvalue weighted by atomic mass is 16.5. The summed E-state index contributed by atoms with van der Waals surface area (Å²) in [6.45, 7) is 2.96. The molecule has 2 aliphatic heterocycles. The standard InChI is InChI=1S/C15H22N2O2/c1-16(2)9-11-4-3-7-17(11)14-10-19-15-8-12(18)5-6-13(14)15/h5-6,8,11,14,18H,3-4,7,9-10H2,1-2H3. The molecule has 4 heteroatoms. The molecule has 1 saturated heterocycles. The van der Waals surface area contributed by atoms with Gasteiger partial charge in [-0.1, -0.05) is 0 Å². The molecule has 2 unspecified atom stereocenters. The maximum atomic E-state index is 9.52. The molecule has 19 heavy (non-hydrogen) atoms. The van der Waals surface area contributed by atoms with Crippen LogP contribution in [0.25, 0.3) is 0 Å². The number of likely N-dealkylation sites (tertiary alicyclic amines) is 1. The number of nitrogens with zero attached hydrogens (tertiary/aromatic N) is 2. The van der Waals surface area contributed by atoms with Gasteiger partial charge in [-0.2, -0.15) is 0 Å². The van der Waals surface area contributed by atoms with Crippen molar-refractivity contribution < 1.29 is 9.84 Å². The van der Waals surface area contributed by atoms with E-state index in [1.165, 1.54) is 18.4 Å². The molecule has 4 nitrogen and oxygen atoms in total. The number of hydrogen-bond acceptors (Lipinski definition) is 4. The van der Waals surface area contributed by atoms with Gasteiger partial charge in [-0.3, -0.25) is 4.90 Å². The smallest absolute Gasteiger partial charge is 0.127 e. The van der Waals surface area contributed by atoms with Gasteiger partial charge >= 0.3 is 0 Å². The Morgan fingerprint density at radius 1 is 1.42 bits per heavy atom. The Morgan fingerprint density at radius 2 is 2.26 bits per heavy atom. The normalized spacial score (nSPS) is 26.7. The van der Waals surface area contributed by atoms with E-state index >= 15 is 0 Å². The lowest BCUT2D eigenvalue weighted by molar-refractivity contribution is 0.130. The Hall–Kier alpha value is -1.26. The molecule has 1 fully saturated rings. The zero-order chi connectivity index (χ0) is 13.4. The fourth-order valence-electron chi connectivity index (χ4n) is 3.34. The summed E-state index contributed by atoms with van der Waals surface area (Å²) in [6, 6.07) is 6.46. The molecule has 0 radical (unpaired) electrons. The minimum atomic E-state index is 0.283. The van der Waals surface area contributed by atoms with Crippen molar-refractivity contribution in [1.82, 2.24) is 9.80 Å². The SMILES string of the molecule is CN(C)CC1CCCN1C1COc2cc(O)ccc21. The molecule has 2 aliphatic rings. The third kappa shape index (κ3) is 2.42. The van der Waals surface area contributed by atoms with Crippen LogP contribution >= 0.6 is 0 Å². The van der Waals surface area contributed by atoms with Gasteiger partial charge in [0.15, 0.2) is 0 Å². The third-order valence-corrected chi connectivity index (χ3v) is 4.15. The van der Waals surface area contributed by atoms with E-state index in [4.69, 9.17) is 4.74 Å². The number of phenolic OH excluding ortho intramolecular Hbond substituents is 1. The lowest BCUT2D eigenvalue weighted by Crippen LogP contribution is -2.40. The van der Waals surface area contributed by atoms with Crippen molar-refractivity contribution >= 4 is 0 Å². The quantitative estimate of drug-likeness (QED) is 0.902. The maximum Gasteiger partial charge on any atom is 0.127 e. The zero-order valence-corrected chi connectivity index (χ0v) is 11.7. The lowest BCUT2D eigenvalue weighted by atomic mass is 10.1. The van der Waals surface area contributed by atoms with E-state index in [0.717, 1.165) is 18.8 Å². The monoisotopic (exact) mass is 262 g/mol. The Kier molecular flexibility index (Phi) is 3.37. The van der Waals surface area contributed by atoms with E-state index < -0.39 is 0 Å².